The van der Waals surface area contributed by atoms with E-state index in [1.807, 2.05) is 29.7 Å². The summed E-state index contributed by atoms with van der Waals surface area (Å²) in [7, 11) is 0. The minimum Gasteiger partial charge on any atom is -0.303 e. The Morgan fingerprint density at radius 2 is 2.43 bits per heavy atom. The number of hydrogen-bond donors (Lipinski definition) is 0. The molecule has 0 saturated heterocycles. The summed E-state index contributed by atoms with van der Waals surface area (Å²) in [6, 6.07) is 3.97. The summed E-state index contributed by atoms with van der Waals surface area (Å²) in [5.41, 5.74) is 2.17. The molecule has 0 radical (unpaired) electrons. The van der Waals surface area contributed by atoms with Crippen LogP contribution in [0.2, 0.25) is 0 Å². The van der Waals surface area contributed by atoms with Crippen molar-refractivity contribution in [3.8, 4) is 0 Å². The van der Waals surface area contributed by atoms with Crippen molar-refractivity contribution >= 4 is 27.7 Å². The molecule has 0 aliphatic heterocycles. The van der Waals surface area contributed by atoms with Gasteiger partial charge in [0.25, 0.3) is 0 Å². The van der Waals surface area contributed by atoms with Gasteiger partial charge in [0.15, 0.2) is 0 Å². The number of aromatic nitrogens is 2. The third-order valence-corrected chi connectivity index (χ3v) is 2.72. The smallest absolute Gasteiger partial charge is 0.132 e. The van der Waals surface area contributed by atoms with Gasteiger partial charge in [-0.15, -0.1) is 0 Å². The van der Waals surface area contributed by atoms with E-state index in [0.717, 1.165) is 27.8 Å². The largest absolute Gasteiger partial charge is 0.303 e. The number of hydrogen-bond acceptors (Lipinski definition) is 2. The molecule has 2 aromatic heterocycles. The maximum Gasteiger partial charge on any atom is 0.132 e. The predicted molar refractivity (Wildman–Crippen MR) is 57.4 cm³/mol. The summed E-state index contributed by atoms with van der Waals surface area (Å²) in [4.78, 5) is 14.7. The second kappa shape index (κ2) is 3.53. The third kappa shape index (κ3) is 1.35. The third-order valence-electron chi connectivity index (χ3n) is 2.16. The molecule has 0 spiro atoms. The van der Waals surface area contributed by atoms with Crippen LogP contribution in [0.15, 0.2) is 22.9 Å². The number of halogens is 1. The Labute approximate surface area is 89.9 Å². The van der Waals surface area contributed by atoms with Gasteiger partial charge < -0.3 is 9.20 Å². The molecule has 0 bridgehead atoms. The standard InChI is InChI=1S/C10H9BrN2O/c1-7-3-2-5-13-8(4-6-14)12-10(11)9(7)13/h2-3,5-6H,4H2,1H3. The van der Waals surface area contributed by atoms with Crippen molar-refractivity contribution in [3.63, 3.8) is 0 Å². The summed E-state index contributed by atoms with van der Waals surface area (Å²) < 4.78 is 2.74. The highest BCUT2D eigenvalue weighted by molar-refractivity contribution is 9.10. The van der Waals surface area contributed by atoms with Crippen LogP contribution in [-0.2, 0) is 11.2 Å². The van der Waals surface area contributed by atoms with Crippen molar-refractivity contribution < 1.29 is 4.79 Å². The number of fused-ring (bicyclic) bond motifs is 1. The number of rotatable bonds is 2. The van der Waals surface area contributed by atoms with Crippen LogP contribution in [0.5, 0.6) is 0 Å². The van der Waals surface area contributed by atoms with Gasteiger partial charge in [-0.05, 0) is 34.5 Å². The Morgan fingerprint density at radius 1 is 1.64 bits per heavy atom. The van der Waals surface area contributed by atoms with Crippen molar-refractivity contribution in [3.05, 3.63) is 34.3 Å². The van der Waals surface area contributed by atoms with E-state index in [1.54, 1.807) is 0 Å². The van der Waals surface area contributed by atoms with Gasteiger partial charge in [0.05, 0.1) is 11.9 Å². The van der Waals surface area contributed by atoms with Gasteiger partial charge in [-0.3, -0.25) is 0 Å². The number of nitrogens with zero attached hydrogens (tertiary/aromatic N) is 2. The average molecular weight is 253 g/mol. The van der Waals surface area contributed by atoms with Crippen LogP contribution in [0, 0.1) is 6.92 Å². The van der Waals surface area contributed by atoms with Gasteiger partial charge in [0.2, 0.25) is 0 Å². The minimum absolute atomic E-state index is 0.343. The monoisotopic (exact) mass is 252 g/mol. The topological polar surface area (TPSA) is 34.4 Å². The molecular formula is C10H9BrN2O. The van der Waals surface area contributed by atoms with Crippen molar-refractivity contribution in [2.75, 3.05) is 0 Å². The van der Waals surface area contributed by atoms with E-state index in [-0.39, 0.29) is 0 Å². The number of carbonyl (C=O) groups is 1. The molecule has 2 rings (SSSR count). The average Bonchev–Trinajstić information content (AvgIpc) is 2.46. The molecule has 0 atom stereocenters. The molecule has 0 aromatic carbocycles. The molecule has 2 aromatic rings. The zero-order valence-electron chi connectivity index (χ0n) is 7.70. The van der Waals surface area contributed by atoms with Crippen LogP contribution in [-0.4, -0.2) is 15.7 Å². The van der Waals surface area contributed by atoms with Crippen molar-refractivity contribution in [1.82, 2.24) is 9.38 Å². The van der Waals surface area contributed by atoms with E-state index in [4.69, 9.17) is 0 Å². The summed E-state index contributed by atoms with van der Waals surface area (Å²) in [6.45, 7) is 2.02. The molecule has 14 heavy (non-hydrogen) atoms. The predicted octanol–water partition coefficient (Wildman–Crippen LogP) is 2.15. The molecule has 0 fully saturated rings. The van der Waals surface area contributed by atoms with Crippen LogP contribution < -0.4 is 0 Å². The fourth-order valence-electron chi connectivity index (χ4n) is 1.53. The quantitative estimate of drug-likeness (QED) is 0.768. The first-order valence-electron chi connectivity index (χ1n) is 4.29. The van der Waals surface area contributed by atoms with Crippen LogP contribution in [0.1, 0.15) is 11.4 Å². The summed E-state index contributed by atoms with van der Waals surface area (Å²) in [5.74, 6) is 0.769. The van der Waals surface area contributed by atoms with Crippen LogP contribution in [0.25, 0.3) is 5.52 Å². The summed E-state index contributed by atoms with van der Waals surface area (Å²) in [6.07, 6.45) is 3.12. The Bertz CT molecular complexity index is 490. The Kier molecular flexibility index (Phi) is 2.37. The van der Waals surface area contributed by atoms with Crippen LogP contribution in [0.4, 0.5) is 0 Å². The van der Waals surface area contributed by atoms with Gasteiger partial charge in [-0.25, -0.2) is 4.98 Å². The second-order valence-electron chi connectivity index (χ2n) is 3.10. The first-order valence-corrected chi connectivity index (χ1v) is 5.09. The first kappa shape index (κ1) is 9.40. The van der Waals surface area contributed by atoms with Gasteiger partial charge in [-0.1, -0.05) is 6.07 Å². The highest BCUT2D eigenvalue weighted by Crippen LogP contribution is 2.21. The van der Waals surface area contributed by atoms with E-state index in [1.165, 1.54) is 0 Å². The number of aldehydes is 1. The maximum atomic E-state index is 10.4. The molecule has 0 amide bonds. The number of carbonyl (C=O) groups excluding carboxylic acids is 1. The molecule has 72 valence electrons. The van der Waals surface area contributed by atoms with Gasteiger partial charge in [0.1, 0.15) is 16.7 Å². The Morgan fingerprint density at radius 3 is 3.14 bits per heavy atom. The molecule has 0 unspecified atom stereocenters. The molecule has 3 nitrogen and oxygen atoms in total. The number of aryl methyl sites for hydroxylation is 1. The zero-order valence-corrected chi connectivity index (χ0v) is 9.28. The number of pyridine rings is 1. The lowest BCUT2D eigenvalue weighted by molar-refractivity contribution is -0.107. The molecule has 0 aliphatic carbocycles. The molecule has 0 aliphatic rings. The lowest BCUT2D eigenvalue weighted by Gasteiger charge is -1.99. The fraction of sp³-hybridized carbons (Fsp3) is 0.200. The zero-order chi connectivity index (χ0) is 10.1. The molecule has 0 N–H and O–H groups in total. The first-order chi connectivity index (χ1) is 6.74. The van der Waals surface area contributed by atoms with Crippen molar-refractivity contribution in [2.24, 2.45) is 0 Å². The van der Waals surface area contributed by atoms with Crippen LogP contribution in [0.3, 0.4) is 0 Å². The molecule has 0 saturated carbocycles. The van der Waals surface area contributed by atoms with Gasteiger partial charge in [-0.2, -0.15) is 0 Å². The SMILES string of the molecule is Cc1cccn2c(CC=O)nc(Br)c12. The lowest BCUT2D eigenvalue weighted by Crippen LogP contribution is -1.95. The van der Waals surface area contributed by atoms with E-state index in [9.17, 15) is 4.79 Å². The lowest BCUT2D eigenvalue weighted by atomic mass is 10.2. The number of imidazole rings is 1. The maximum absolute atomic E-state index is 10.4. The van der Waals surface area contributed by atoms with Crippen molar-refractivity contribution in [1.29, 1.82) is 0 Å². The van der Waals surface area contributed by atoms with Crippen LogP contribution >= 0.6 is 15.9 Å². The second-order valence-corrected chi connectivity index (χ2v) is 3.85. The highest BCUT2D eigenvalue weighted by Gasteiger charge is 2.09. The molecular weight excluding hydrogens is 244 g/mol. The Hall–Kier alpha value is -1.16. The normalized spacial score (nSPS) is 10.7. The van der Waals surface area contributed by atoms with E-state index < -0.39 is 0 Å². The minimum atomic E-state index is 0.343. The summed E-state index contributed by atoms with van der Waals surface area (Å²) >= 11 is 3.39. The molecule has 2 heterocycles. The van der Waals surface area contributed by atoms with E-state index in [0.29, 0.717) is 6.42 Å². The van der Waals surface area contributed by atoms with Gasteiger partial charge >= 0.3 is 0 Å². The van der Waals surface area contributed by atoms with E-state index >= 15 is 0 Å². The molecule has 4 heteroatoms. The highest BCUT2D eigenvalue weighted by atomic mass is 79.9. The van der Waals surface area contributed by atoms with E-state index in [2.05, 4.69) is 20.9 Å². The van der Waals surface area contributed by atoms with Crippen molar-refractivity contribution in [2.45, 2.75) is 13.3 Å². The Balaban J connectivity index is 2.77. The van der Waals surface area contributed by atoms with Gasteiger partial charge in [0, 0.05) is 6.20 Å². The fourth-order valence-corrected chi connectivity index (χ4v) is 2.24. The summed E-state index contributed by atoms with van der Waals surface area (Å²) in [5, 5.41) is 0.